The van der Waals surface area contributed by atoms with Gasteiger partial charge < -0.3 is 5.73 Å². The Labute approximate surface area is 111 Å². The van der Waals surface area contributed by atoms with Gasteiger partial charge >= 0.3 is 0 Å². The first-order valence-corrected chi connectivity index (χ1v) is 6.76. The van der Waals surface area contributed by atoms with Crippen molar-refractivity contribution in [3.63, 3.8) is 0 Å². The van der Waals surface area contributed by atoms with Crippen LogP contribution in [0, 0.1) is 11.3 Å². The molecule has 0 bridgehead atoms. The van der Waals surface area contributed by atoms with E-state index in [4.69, 9.17) is 22.6 Å². The second-order valence-corrected chi connectivity index (χ2v) is 5.80. The van der Waals surface area contributed by atoms with E-state index in [-0.39, 0.29) is 5.82 Å². The Hall–Kier alpha value is -1.29. The Morgan fingerprint density at radius 1 is 1.53 bits per heavy atom. The van der Waals surface area contributed by atoms with Crippen LogP contribution in [0.25, 0.3) is 0 Å². The van der Waals surface area contributed by atoms with Crippen LogP contribution < -0.4 is 5.73 Å². The molecule has 2 heterocycles. The smallest absolute Gasteiger partial charge is 0.189 e. The summed E-state index contributed by atoms with van der Waals surface area (Å²) in [5.74, 6) is 0.956. The standard InChI is InChI=1S/C10H7ClN4S2/c11-8-2-1-7(17-8)5-16-10-14-4-6(3-12)9(13)15-10/h1-2,4H,5H2,(H2,13,14,15). The van der Waals surface area contributed by atoms with Crippen molar-refractivity contribution in [3.8, 4) is 6.07 Å². The Bertz CT molecular complexity index is 576. The third kappa shape index (κ3) is 3.09. The van der Waals surface area contributed by atoms with Crippen molar-refractivity contribution in [3.05, 3.63) is 33.1 Å². The molecule has 2 N–H and O–H groups in total. The fraction of sp³-hybridized carbons (Fsp3) is 0.100. The maximum Gasteiger partial charge on any atom is 0.189 e. The Morgan fingerprint density at radius 3 is 2.94 bits per heavy atom. The van der Waals surface area contributed by atoms with Gasteiger partial charge in [0.05, 0.1) is 10.5 Å². The molecule has 0 atom stereocenters. The van der Waals surface area contributed by atoms with Gasteiger partial charge in [-0.2, -0.15) is 5.26 Å². The summed E-state index contributed by atoms with van der Waals surface area (Å²) in [6.45, 7) is 0. The van der Waals surface area contributed by atoms with Crippen molar-refractivity contribution in [1.82, 2.24) is 9.97 Å². The van der Waals surface area contributed by atoms with Crippen LogP contribution in [0.15, 0.2) is 23.5 Å². The minimum atomic E-state index is 0.217. The SMILES string of the molecule is N#Cc1cnc(SCc2ccc(Cl)s2)nc1N. The maximum absolute atomic E-state index is 8.69. The number of anilines is 1. The minimum absolute atomic E-state index is 0.217. The molecule has 0 saturated carbocycles. The lowest BCUT2D eigenvalue weighted by atomic mass is 10.3. The van der Waals surface area contributed by atoms with Crippen LogP contribution in [-0.2, 0) is 5.75 Å². The molecule has 0 aliphatic carbocycles. The van der Waals surface area contributed by atoms with Crippen LogP contribution in [-0.4, -0.2) is 9.97 Å². The summed E-state index contributed by atoms with van der Waals surface area (Å²) in [5.41, 5.74) is 5.90. The minimum Gasteiger partial charge on any atom is -0.382 e. The summed E-state index contributed by atoms with van der Waals surface area (Å²) < 4.78 is 0.765. The van der Waals surface area contributed by atoms with Gasteiger partial charge in [-0.3, -0.25) is 0 Å². The lowest BCUT2D eigenvalue weighted by Gasteiger charge is -2.00. The van der Waals surface area contributed by atoms with E-state index in [1.54, 1.807) is 0 Å². The van der Waals surface area contributed by atoms with E-state index in [0.29, 0.717) is 10.7 Å². The topological polar surface area (TPSA) is 75.6 Å². The van der Waals surface area contributed by atoms with Gasteiger partial charge in [0.25, 0.3) is 0 Å². The molecule has 4 nitrogen and oxygen atoms in total. The van der Waals surface area contributed by atoms with Gasteiger partial charge in [-0.25, -0.2) is 9.97 Å². The molecule has 0 fully saturated rings. The van der Waals surface area contributed by atoms with E-state index >= 15 is 0 Å². The second-order valence-electron chi connectivity index (χ2n) is 3.06. The number of thiophene rings is 1. The van der Waals surface area contributed by atoms with Crippen molar-refractivity contribution in [1.29, 1.82) is 5.26 Å². The summed E-state index contributed by atoms with van der Waals surface area (Å²) in [7, 11) is 0. The van der Waals surface area contributed by atoms with Crippen LogP contribution in [0.4, 0.5) is 5.82 Å². The number of halogens is 1. The van der Waals surface area contributed by atoms with Crippen LogP contribution in [0.5, 0.6) is 0 Å². The number of nitriles is 1. The van der Waals surface area contributed by atoms with Gasteiger partial charge in [0.2, 0.25) is 0 Å². The normalized spacial score (nSPS) is 10.1. The molecule has 86 valence electrons. The molecule has 0 aliphatic rings. The van der Waals surface area contributed by atoms with Gasteiger partial charge in [-0.15, -0.1) is 11.3 Å². The molecule has 0 aromatic carbocycles. The monoisotopic (exact) mass is 282 g/mol. The number of rotatable bonds is 3. The lowest BCUT2D eigenvalue weighted by molar-refractivity contribution is 0.969. The Kier molecular flexibility index (Phi) is 3.84. The number of nitrogens with two attached hydrogens (primary N) is 1. The van der Waals surface area contributed by atoms with Crippen LogP contribution in [0.3, 0.4) is 0 Å². The Balaban J connectivity index is 2.05. The summed E-state index contributed by atoms with van der Waals surface area (Å²) in [6.07, 6.45) is 1.44. The summed E-state index contributed by atoms with van der Waals surface area (Å²) in [6, 6.07) is 5.75. The summed E-state index contributed by atoms with van der Waals surface area (Å²) in [4.78, 5) is 9.24. The highest BCUT2D eigenvalue weighted by atomic mass is 35.5. The van der Waals surface area contributed by atoms with Crippen molar-refractivity contribution in [2.24, 2.45) is 0 Å². The fourth-order valence-electron chi connectivity index (χ4n) is 1.10. The predicted octanol–water partition coefficient (Wildman–Crippen LogP) is 2.94. The molecule has 17 heavy (non-hydrogen) atoms. The molecule has 2 rings (SSSR count). The quantitative estimate of drug-likeness (QED) is 0.692. The van der Waals surface area contributed by atoms with Crippen LogP contribution >= 0.6 is 34.7 Å². The number of nitrogen functional groups attached to an aromatic ring is 1. The van der Waals surface area contributed by atoms with Gasteiger partial charge in [-0.1, -0.05) is 23.4 Å². The fourth-order valence-corrected chi connectivity index (χ4v) is 3.05. The van der Waals surface area contributed by atoms with E-state index < -0.39 is 0 Å². The zero-order chi connectivity index (χ0) is 12.3. The average molecular weight is 283 g/mol. The number of hydrogen-bond donors (Lipinski definition) is 1. The highest BCUT2D eigenvalue weighted by Gasteiger charge is 2.05. The number of hydrogen-bond acceptors (Lipinski definition) is 6. The molecular formula is C10H7ClN4S2. The molecule has 7 heteroatoms. The van der Waals surface area contributed by atoms with Crippen molar-refractivity contribution in [2.45, 2.75) is 10.9 Å². The highest BCUT2D eigenvalue weighted by Crippen LogP contribution is 2.27. The third-order valence-electron chi connectivity index (χ3n) is 1.89. The van der Waals surface area contributed by atoms with Gasteiger partial charge in [0.1, 0.15) is 17.5 Å². The first kappa shape index (κ1) is 12.2. The number of thioether (sulfide) groups is 1. The largest absolute Gasteiger partial charge is 0.382 e. The first-order valence-electron chi connectivity index (χ1n) is 4.58. The van der Waals surface area contributed by atoms with Crippen LogP contribution in [0.1, 0.15) is 10.4 Å². The van der Waals surface area contributed by atoms with E-state index in [1.807, 2.05) is 18.2 Å². The molecule has 2 aromatic rings. The Morgan fingerprint density at radius 2 is 2.35 bits per heavy atom. The summed E-state index contributed by atoms with van der Waals surface area (Å²) in [5, 5.41) is 9.25. The molecule has 0 saturated heterocycles. The number of aromatic nitrogens is 2. The molecular weight excluding hydrogens is 276 g/mol. The average Bonchev–Trinajstić information content (AvgIpc) is 2.73. The van der Waals surface area contributed by atoms with E-state index in [1.165, 1.54) is 29.3 Å². The zero-order valence-electron chi connectivity index (χ0n) is 8.55. The van der Waals surface area contributed by atoms with Crippen molar-refractivity contribution < 1.29 is 0 Å². The second kappa shape index (κ2) is 5.36. The number of nitrogens with zero attached hydrogens (tertiary/aromatic N) is 3. The summed E-state index contributed by atoms with van der Waals surface area (Å²) >= 11 is 8.81. The predicted molar refractivity (Wildman–Crippen MR) is 70.0 cm³/mol. The molecule has 0 aliphatic heterocycles. The zero-order valence-corrected chi connectivity index (χ0v) is 10.9. The van der Waals surface area contributed by atoms with E-state index in [2.05, 4.69) is 9.97 Å². The lowest BCUT2D eigenvalue weighted by Crippen LogP contribution is -1.98. The van der Waals surface area contributed by atoms with Crippen molar-refractivity contribution >= 4 is 40.5 Å². The van der Waals surface area contributed by atoms with Crippen LogP contribution in [0.2, 0.25) is 4.34 Å². The maximum atomic E-state index is 8.69. The van der Waals surface area contributed by atoms with E-state index in [0.717, 1.165) is 15.0 Å². The molecule has 0 radical (unpaired) electrons. The van der Waals surface area contributed by atoms with Crippen molar-refractivity contribution in [2.75, 3.05) is 5.73 Å². The molecule has 2 aromatic heterocycles. The van der Waals surface area contributed by atoms with Gasteiger partial charge in [0.15, 0.2) is 5.16 Å². The first-order chi connectivity index (χ1) is 8.19. The molecule has 0 unspecified atom stereocenters. The van der Waals surface area contributed by atoms with E-state index in [9.17, 15) is 0 Å². The third-order valence-corrected chi connectivity index (χ3v) is 4.21. The molecule has 0 spiro atoms. The highest BCUT2D eigenvalue weighted by molar-refractivity contribution is 7.98. The van der Waals surface area contributed by atoms with Gasteiger partial charge in [0, 0.05) is 10.6 Å². The molecule has 0 amide bonds. The van der Waals surface area contributed by atoms with Gasteiger partial charge in [-0.05, 0) is 12.1 Å².